The smallest absolute Gasteiger partial charge is 0.251 e. The second kappa shape index (κ2) is 12.0. The molecule has 4 aromatic rings. The molecule has 0 aliphatic heterocycles. The summed E-state index contributed by atoms with van der Waals surface area (Å²) in [5.41, 5.74) is 5.95. The van der Waals surface area contributed by atoms with Crippen molar-refractivity contribution in [1.82, 2.24) is 10.3 Å². The number of nitrogens with one attached hydrogen (secondary N) is 1. The number of methoxy groups -OCH3 is 2. The molecule has 0 saturated heterocycles. The second-order valence-electron chi connectivity index (χ2n) is 8.85. The zero-order valence-corrected chi connectivity index (χ0v) is 21.0. The summed E-state index contributed by atoms with van der Waals surface area (Å²) in [4.78, 5) is 17.3. The van der Waals surface area contributed by atoms with Gasteiger partial charge in [0.15, 0.2) is 0 Å². The summed E-state index contributed by atoms with van der Waals surface area (Å²) in [5, 5.41) is 3.16. The van der Waals surface area contributed by atoms with Crippen molar-refractivity contribution in [2.24, 2.45) is 0 Å². The molecule has 36 heavy (non-hydrogen) atoms. The normalized spacial score (nSPS) is 11.5. The molecule has 1 N–H and O–H groups in total. The maximum Gasteiger partial charge on any atom is 0.251 e. The molecule has 5 nitrogen and oxygen atoms in total. The van der Waals surface area contributed by atoms with Crippen LogP contribution in [0.5, 0.6) is 11.5 Å². The molecule has 1 heterocycles. The predicted octanol–water partition coefficient (Wildman–Crippen LogP) is 6.57. The SMILES string of the molecule is COc1ccc(-c2ccc(C(=O)NC(C)CCCc3cccnc3)cc2-c2ccc(OC)cc2)cc1. The van der Waals surface area contributed by atoms with Gasteiger partial charge >= 0.3 is 0 Å². The third kappa shape index (κ3) is 6.30. The highest BCUT2D eigenvalue weighted by molar-refractivity contribution is 5.98. The lowest BCUT2D eigenvalue weighted by atomic mass is 9.92. The minimum atomic E-state index is -0.0695. The van der Waals surface area contributed by atoms with Gasteiger partial charge in [0, 0.05) is 24.0 Å². The van der Waals surface area contributed by atoms with Gasteiger partial charge in [-0.1, -0.05) is 36.4 Å². The Labute approximate surface area is 213 Å². The molecule has 0 spiro atoms. The van der Waals surface area contributed by atoms with Crippen LogP contribution in [0.2, 0.25) is 0 Å². The first-order valence-electron chi connectivity index (χ1n) is 12.2. The molecule has 0 radical (unpaired) electrons. The van der Waals surface area contributed by atoms with Crippen LogP contribution in [-0.4, -0.2) is 31.2 Å². The molecular formula is C31H32N2O3. The van der Waals surface area contributed by atoms with E-state index in [0.717, 1.165) is 53.0 Å². The fourth-order valence-electron chi connectivity index (χ4n) is 4.25. The number of hydrogen-bond acceptors (Lipinski definition) is 4. The van der Waals surface area contributed by atoms with Gasteiger partial charge in [-0.3, -0.25) is 9.78 Å². The van der Waals surface area contributed by atoms with Crippen molar-refractivity contribution >= 4 is 5.91 Å². The number of carbonyl (C=O) groups is 1. The van der Waals surface area contributed by atoms with Gasteiger partial charge < -0.3 is 14.8 Å². The molecule has 184 valence electrons. The molecular weight excluding hydrogens is 448 g/mol. The van der Waals surface area contributed by atoms with Gasteiger partial charge in [0.25, 0.3) is 5.91 Å². The van der Waals surface area contributed by atoms with Crippen LogP contribution in [0.4, 0.5) is 0 Å². The van der Waals surface area contributed by atoms with Crippen LogP contribution in [0.3, 0.4) is 0 Å². The maximum atomic E-state index is 13.1. The van der Waals surface area contributed by atoms with E-state index in [9.17, 15) is 4.79 Å². The highest BCUT2D eigenvalue weighted by Gasteiger charge is 2.15. The van der Waals surface area contributed by atoms with Gasteiger partial charge in [0.1, 0.15) is 11.5 Å². The summed E-state index contributed by atoms with van der Waals surface area (Å²) >= 11 is 0. The topological polar surface area (TPSA) is 60.5 Å². The van der Waals surface area contributed by atoms with Gasteiger partial charge in [-0.2, -0.15) is 0 Å². The quantitative estimate of drug-likeness (QED) is 0.279. The summed E-state index contributed by atoms with van der Waals surface area (Å²) in [5.74, 6) is 1.52. The van der Waals surface area contributed by atoms with Crippen molar-refractivity contribution in [3.05, 3.63) is 102 Å². The first-order chi connectivity index (χ1) is 17.6. The van der Waals surface area contributed by atoms with Gasteiger partial charge in [-0.15, -0.1) is 0 Å². The molecule has 1 unspecified atom stereocenters. The third-order valence-corrected chi connectivity index (χ3v) is 6.29. The molecule has 0 fully saturated rings. The number of benzene rings is 3. The van der Waals surface area contributed by atoms with Crippen LogP contribution in [-0.2, 0) is 6.42 Å². The molecule has 3 aromatic carbocycles. The van der Waals surface area contributed by atoms with Gasteiger partial charge in [-0.25, -0.2) is 0 Å². The maximum absolute atomic E-state index is 13.1. The van der Waals surface area contributed by atoms with Crippen molar-refractivity contribution in [1.29, 1.82) is 0 Å². The lowest BCUT2D eigenvalue weighted by Crippen LogP contribution is -2.32. The minimum absolute atomic E-state index is 0.0693. The van der Waals surface area contributed by atoms with E-state index < -0.39 is 0 Å². The summed E-state index contributed by atoms with van der Waals surface area (Å²) in [6, 6.07) is 25.9. The number of aryl methyl sites for hydroxylation is 1. The fourth-order valence-corrected chi connectivity index (χ4v) is 4.25. The number of ether oxygens (including phenoxy) is 2. The van der Waals surface area contributed by atoms with E-state index in [2.05, 4.69) is 23.3 Å². The fraction of sp³-hybridized carbons (Fsp3) is 0.226. The number of nitrogens with zero attached hydrogens (tertiary/aromatic N) is 1. The molecule has 1 atom stereocenters. The lowest BCUT2D eigenvalue weighted by molar-refractivity contribution is 0.0938. The molecule has 4 rings (SSSR count). The zero-order chi connectivity index (χ0) is 25.3. The standard InChI is InChI=1S/C31H32N2O3/c1-22(6-4-7-23-8-5-19-32-21-23)33-31(34)26-13-18-29(24-9-14-27(35-2)15-10-24)30(20-26)25-11-16-28(36-3)17-12-25/h5,8-22H,4,6-7H2,1-3H3,(H,33,34). The average Bonchev–Trinajstić information content (AvgIpc) is 2.93. The number of rotatable bonds is 10. The van der Waals surface area contributed by atoms with Crippen molar-refractivity contribution in [3.63, 3.8) is 0 Å². The number of pyridine rings is 1. The molecule has 5 heteroatoms. The van der Waals surface area contributed by atoms with E-state index in [1.807, 2.05) is 79.0 Å². The highest BCUT2D eigenvalue weighted by atomic mass is 16.5. The van der Waals surface area contributed by atoms with Crippen molar-refractivity contribution in [2.75, 3.05) is 14.2 Å². The number of hydrogen-bond donors (Lipinski definition) is 1. The number of aromatic nitrogens is 1. The van der Waals surface area contributed by atoms with Crippen LogP contribution < -0.4 is 14.8 Å². The Morgan fingerprint density at radius 3 is 2.08 bits per heavy atom. The van der Waals surface area contributed by atoms with Crippen molar-refractivity contribution in [3.8, 4) is 33.8 Å². The number of carbonyl (C=O) groups excluding carboxylic acids is 1. The van der Waals surface area contributed by atoms with Crippen molar-refractivity contribution in [2.45, 2.75) is 32.2 Å². The van der Waals surface area contributed by atoms with E-state index in [1.165, 1.54) is 5.56 Å². The van der Waals surface area contributed by atoms with Gasteiger partial charge in [0.2, 0.25) is 0 Å². The summed E-state index contributed by atoms with van der Waals surface area (Å²) in [7, 11) is 3.31. The highest BCUT2D eigenvalue weighted by Crippen LogP contribution is 2.34. The Balaban J connectivity index is 1.53. The summed E-state index contributed by atoms with van der Waals surface area (Å²) in [6.07, 6.45) is 6.52. The summed E-state index contributed by atoms with van der Waals surface area (Å²) < 4.78 is 10.6. The molecule has 0 aliphatic carbocycles. The number of amides is 1. The van der Waals surface area contributed by atoms with Crippen LogP contribution in [0.25, 0.3) is 22.3 Å². The van der Waals surface area contributed by atoms with Gasteiger partial charge in [-0.05, 0) is 96.5 Å². The summed E-state index contributed by atoms with van der Waals surface area (Å²) in [6.45, 7) is 2.05. The second-order valence-corrected chi connectivity index (χ2v) is 8.85. The largest absolute Gasteiger partial charge is 0.497 e. The molecule has 1 amide bonds. The molecule has 1 aromatic heterocycles. The minimum Gasteiger partial charge on any atom is -0.497 e. The van der Waals surface area contributed by atoms with E-state index >= 15 is 0 Å². The lowest BCUT2D eigenvalue weighted by Gasteiger charge is -2.16. The Morgan fingerprint density at radius 2 is 1.50 bits per heavy atom. The van der Waals surface area contributed by atoms with E-state index in [4.69, 9.17) is 9.47 Å². The Morgan fingerprint density at radius 1 is 0.861 bits per heavy atom. The van der Waals surface area contributed by atoms with Crippen LogP contribution in [0.1, 0.15) is 35.7 Å². The Kier molecular flexibility index (Phi) is 8.35. The molecule has 0 aliphatic rings. The van der Waals surface area contributed by atoms with Crippen LogP contribution >= 0.6 is 0 Å². The van der Waals surface area contributed by atoms with E-state index in [-0.39, 0.29) is 11.9 Å². The first-order valence-corrected chi connectivity index (χ1v) is 12.2. The third-order valence-electron chi connectivity index (χ3n) is 6.29. The van der Waals surface area contributed by atoms with E-state index in [1.54, 1.807) is 20.4 Å². The first kappa shape index (κ1) is 25.0. The predicted molar refractivity (Wildman–Crippen MR) is 145 cm³/mol. The van der Waals surface area contributed by atoms with Crippen molar-refractivity contribution < 1.29 is 14.3 Å². The average molecular weight is 481 g/mol. The monoisotopic (exact) mass is 480 g/mol. The Hall–Kier alpha value is -4.12. The van der Waals surface area contributed by atoms with Crippen LogP contribution in [0, 0.1) is 0 Å². The molecule has 0 saturated carbocycles. The van der Waals surface area contributed by atoms with Crippen LogP contribution in [0.15, 0.2) is 91.3 Å². The zero-order valence-electron chi connectivity index (χ0n) is 21.0. The Bertz CT molecular complexity index is 1270. The van der Waals surface area contributed by atoms with E-state index in [0.29, 0.717) is 5.56 Å². The molecule has 0 bridgehead atoms. The van der Waals surface area contributed by atoms with Gasteiger partial charge in [0.05, 0.1) is 14.2 Å².